The van der Waals surface area contributed by atoms with Gasteiger partial charge in [-0.15, -0.1) is 0 Å². The van der Waals surface area contributed by atoms with Gasteiger partial charge in [0.1, 0.15) is 5.75 Å². The van der Waals surface area contributed by atoms with Gasteiger partial charge >= 0.3 is 0 Å². The van der Waals surface area contributed by atoms with Crippen LogP contribution in [0.15, 0.2) is 18.3 Å². The largest absolute Gasteiger partial charge is 0.494 e. The van der Waals surface area contributed by atoms with Crippen molar-refractivity contribution in [3.63, 3.8) is 0 Å². The highest BCUT2D eigenvalue weighted by Crippen LogP contribution is 2.24. The summed E-state index contributed by atoms with van der Waals surface area (Å²) < 4.78 is 5.44. The Morgan fingerprint density at radius 1 is 1.47 bits per heavy atom. The molecule has 0 fully saturated rings. The standard InChI is InChI=1S/C12H20N2O/c1-4-15-10-5-6-14-12(7-10)11(8-13)9(2)3/h5-7,9,11H,4,8,13H2,1-3H3. The van der Waals surface area contributed by atoms with E-state index in [1.54, 1.807) is 6.20 Å². The number of hydrogen-bond acceptors (Lipinski definition) is 3. The van der Waals surface area contributed by atoms with E-state index in [2.05, 4.69) is 18.8 Å². The molecule has 0 aliphatic carbocycles. The molecule has 1 aromatic rings. The van der Waals surface area contributed by atoms with Crippen LogP contribution in [0.1, 0.15) is 32.4 Å². The van der Waals surface area contributed by atoms with E-state index in [1.165, 1.54) is 0 Å². The molecule has 0 aliphatic heterocycles. The predicted molar refractivity (Wildman–Crippen MR) is 62.0 cm³/mol. The summed E-state index contributed by atoms with van der Waals surface area (Å²) in [5.74, 6) is 1.69. The van der Waals surface area contributed by atoms with E-state index < -0.39 is 0 Å². The molecular formula is C12H20N2O. The lowest BCUT2D eigenvalue weighted by atomic mass is 9.92. The van der Waals surface area contributed by atoms with Crippen LogP contribution in [0, 0.1) is 5.92 Å². The zero-order valence-electron chi connectivity index (χ0n) is 9.73. The number of ether oxygens (including phenoxy) is 1. The lowest BCUT2D eigenvalue weighted by molar-refractivity contribution is 0.338. The molecular weight excluding hydrogens is 188 g/mol. The highest BCUT2D eigenvalue weighted by Gasteiger charge is 2.15. The van der Waals surface area contributed by atoms with Crippen LogP contribution in [0.25, 0.3) is 0 Å². The van der Waals surface area contributed by atoms with E-state index in [1.807, 2.05) is 19.1 Å². The Bertz CT molecular complexity index is 299. The monoisotopic (exact) mass is 208 g/mol. The van der Waals surface area contributed by atoms with Crippen molar-refractivity contribution < 1.29 is 4.74 Å². The third kappa shape index (κ3) is 3.20. The maximum absolute atomic E-state index is 5.75. The Morgan fingerprint density at radius 2 is 2.20 bits per heavy atom. The molecule has 84 valence electrons. The highest BCUT2D eigenvalue weighted by atomic mass is 16.5. The Balaban J connectivity index is 2.87. The number of nitrogens with two attached hydrogens (primary N) is 1. The zero-order valence-corrected chi connectivity index (χ0v) is 9.73. The summed E-state index contributed by atoms with van der Waals surface area (Å²) in [6.45, 7) is 7.60. The minimum absolute atomic E-state index is 0.311. The molecule has 0 saturated carbocycles. The fourth-order valence-electron chi connectivity index (χ4n) is 1.62. The number of pyridine rings is 1. The van der Waals surface area contributed by atoms with Gasteiger partial charge in [-0.3, -0.25) is 4.98 Å². The van der Waals surface area contributed by atoms with E-state index in [0.717, 1.165) is 11.4 Å². The summed E-state index contributed by atoms with van der Waals surface area (Å²) in [6, 6.07) is 3.86. The SMILES string of the molecule is CCOc1ccnc(C(CN)C(C)C)c1. The molecule has 1 heterocycles. The topological polar surface area (TPSA) is 48.1 Å². The summed E-state index contributed by atoms with van der Waals surface area (Å²) in [7, 11) is 0. The average molecular weight is 208 g/mol. The first-order valence-electron chi connectivity index (χ1n) is 5.47. The van der Waals surface area contributed by atoms with Crippen LogP contribution in [0.3, 0.4) is 0 Å². The van der Waals surface area contributed by atoms with E-state index in [9.17, 15) is 0 Å². The number of nitrogens with zero attached hydrogens (tertiary/aromatic N) is 1. The molecule has 1 atom stereocenters. The molecule has 2 N–H and O–H groups in total. The fourth-order valence-corrected chi connectivity index (χ4v) is 1.62. The van der Waals surface area contributed by atoms with E-state index in [-0.39, 0.29) is 0 Å². The molecule has 0 radical (unpaired) electrons. The smallest absolute Gasteiger partial charge is 0.122 e. The van der Waals surface area contributed by atoms with Crippen molar-refractivity contribution in [3.8, 4) is 5.75 Å². The van der Waals surface area contributed by atoms with Gasteiger partial charge in [-0.2, -0.15) is 0 Å². The molecule has 0 aromatic carbocycles. The second-order valence-electron chi connectivity index (χ2n) is 3.94. The van der Waals surface area contributed by atoms with Gasteiger partial charge in [0.25, 0.3) is 0 Å². The molecule has 0 amide bonds. The summed E-state index contributed by atoms with van der Waals surface area (Å²) in [4.78, 5) is 4.35. The van der Waals surface area contributed by atoms with Crippen LogP contribution in [0.4, 0.5) is 0 Å². The van der Waals surface area contributed by atoms with Crippen molar-refractivity contribution in [3.05, 3.63) is 24.0 Å². The lowest BCUT2D eigenvalue weighted by Crippen LogP contribution is -2.18. The Labute approximate surface area is 91.7 Å². The Morgan fingerprint density at radius 3 is 2.73 bits per heavy atom. The summed E-state index contributed by atoms with van der Waals surface area (Å²) >= 11 is 0. The predicted octanol–water partition coefficient (Wildman–Crippen LogP) is 2.18. The second kappa shape index (κ2) is 5.71. The Hall–Kier alpha value is -1.09. The van der Waals surface area contributed by atoms with Crippen LogP contribution in [-0.2, 0) is 0 Å². The van der Waals surface area contributed by atoms with Crippen LogP contribution in [-0.4, -0.2) is 18.1 Å². The minimum atomic E-state index is 0.311. The molecule has 0 saturated heterocycles. The number of hydrogen-bond donors (Lipinski definition) is 1. The van der Waals surface area contributed by atoms with Crippen molar-refractivity contribution in [2.75, 3.05) is 13.2 Å². The third-order valence-electron chi connectivity index (χ3n) is 2.50. The molecule has 15 heavy (non-hydrogen) atoms. The third-order valence-corrected chi connectivity index (χ3v) is 2.50. The molecule has 1 aromatic heterocycles. The van der Waals surface area contributed by atoms with Gasteiger partial charge in [0, 0.05) is 30.4 Å². The number of aromatic nitrogens is 1. The van der Waals surface area contributed by atoms with Gasteiger partial charge in [-0.1, -0.05) is 13.8 Å². The van der Waals surface area contributed by atoms with Gasteiger partial charge in [0.2, 0.25) is 0 Å². The first-order valence-corrected chi connectivity index (χ1v) is 5.47. The van der Waals surface area contributed by atoms with Crippen LogP contribution in [0.5, 0.6) is 5.75 Å². The molecule has 0 spiro atoms. The van der Waals surface area contributed by atoms with Crippen molar-refractivity contribution >= 4 is 0 Å². The van der Waals surface area contributed by atoms with E-state index in [0.29, 0.717) is 25.0 Å². The zero-order chi connectivity index (χ0) is 11.3. The van der Waals surface area contributed by atoms with Crippen molar-refractivity contribution in [2.24, 2.45) is 11.7 Å². The first kappa shape index (κ1) is 12.0. The average Bonchev–Trinajstić information content (AvgIpc) is 2.19. The van der Waals surface area contributed by atoms with Crippen LogP contribution in [0.2, 0.25) is 0 Å². The van der Waals surface area contributed by atoms with Gasteiger partial charge in [0.05, 0.1) is 6.61 Å². The molecule has 3 nitrogen and oxygen atoms in total. The fraction of sp³-hybridized carbons (Fsp3) is 0.583. The first-order chi connectivity index (χ1) is 7.19. The van der Waals surface area contributed by atoms with Crippen LogP contribution < -0.4 is 10.5 Å². The second-order valence-corrected chi connectivity index (χ2v) is 3.94. The summed E-state index contributed by atoms with van der Waals surface area (Å²) in [6.07, 6.45) is 1.78. The van der Waals surface area contributed by atoms with Gasteiger partial charge in [-0.25, -0.2) is 0 Å². The molecule has 0 aliphatic rings. The van der Waals surface area contributed by atoms with E-state index in [4.69, 9.17) is 10.5 Å². The molecule has 1 unspecified atom stereocenters. The molecule has 0 bridgehead atoms. The van der Waals surface area contributed by atoms with Crippen molar-refractivity contribution in [1.29, 1.82) is 0 Å². The van der Waals surface area contributed by atoms with Crippen LogP contribution >= 0.6 is 0 Å². The minimum Gasteiger partial charge on any atom is -0.494 e. The van der Waals surface area contributed by atoms with E-state index >= 15 is 0 Å². The Kier molecular flexibility index (Phi) is 4.56. The maximum atomic E-state index is 5.75. The molecule has 3 heteroatoms. The van der Waals surface area contributed by atoms with Gasteiger partial charge in [0.15, 0.2) is 0 Å². The van der Waals surface area contributed by atoms with Gasteiger partial charge in [-0.05, 0) is 18.9 Å². The van der Waals surface area contributed by atoms with Crippen molar-refractivity contribution in [1.82, 2.24) is 4.98 Å². The highest BCUT2D eigenvalue weighted by molar-refractivity contribution is 5.25. The quantitative estimate of drug-likeness (QED) is 0.806. The van der Waals surface area contributed by atoms with Crippen molar-refractivity contribution in [2.45, 2.75) is 26.7 Å². The lowest BCUT2D eigenvalue weighted by Gasteiger charge is -2.18. The summed E-state index contributed by atoms with van der Waals surface area (Å²) in [5, 5.41) is 0. The summed E-state index contributed by atoms with van der Waals surface area (Å²) in [5.41, 5.74) is 6.78. The normalized spacial score (nSPS) is 12.9. The van der Waals surface area contributed by atoms with Gasteiger partial charge < -0.3 is 10.5 Å². The maximum Gasteiger partial charge on any atom is 0.122 e. The number of rotatable bonds is 5. The molecule has 1 rings (SSSR count).